The standard InChI is InChI=1S/C20H17N3O4S/c1-13-11-15(6-9-18(13)27-2)17-12-28-20(21-17)22-19(24)10-5-14-3-7-16(8-4-14)23(25)26/h3-12H,1-2H3,(H,21,22,24). The van der Waals surface area contributed by atoms with Crippen LogP contribution >= 0.6 is 11.3 Å². The number of ether oxygens (including phenoxy) is 1. The van der Waals surface area contributed by atoms with Gasteiger partial charge in [-0.2, -0.15) is 0 Å². The summed E-state index contributed by atoms with van der Waals surface area (Å²) in [6, 6.07) is 11.7. The number of nitro groups is 1. The summed E-state index contributed by atoms with van der Waals surface area (Å²) in [7, 11) is 1.63. The number of rotatable bonds is 6. The first-order chi connectivity index (χ1) is 13.5. The van der Waals surface area contributed by atoms with Gasteiger partial charge >= 0.3 is 0 Å². The second kappa shape index (κ2) is 8.45. The minimum Gasteiger partial charge on any atom is -0.496 e. The van der Waals surface area contributed by atoms with Crippen LogP contribution in [0.2, 0.25) is 0 Å². The van der Waals surface area contributed by atoms with Crippen molar-refractivity contribution < 1.29 is 14.5 Å². The molecule has 28 heavy (non-hydrogen) atoms. The lowest BCUT2D eigenvalue weighted by Crippen LogP contribution is -2.07. The summed E-state index contributed by atoms with van der Waals surface area (Å²) in [6.45, 7) is 1.96. The topological polar surface area (TPSA) is 94.4 Å². The Hall–Kier alpha value is -3.52. The van der Waals surface area contributed by atoms with Gasteiger partial charge in [-0.25, -0.2) is 4.98 Å². The van der Waals surface area contributed by atoms with Gasteiger partial charge in [0.25, 0.3) is 5.69 Å². The molecule has 1 heterocycles. The zero-order chi connectivity index (χ0) is 20.1. The maximum atomic E-state index is 12.1. The summed E-state index contributed by atoms with van der Waals surface area (Å²) in [4.78, 5) is 26.7. The van der Waals surface area contributed by atoms with Crippen LogP contribution in [0.5, 0.6) is 5.75 Å². The molecule has 7 nitrogen and oxygen atoms in total. The molecule has 2 aromatic carbocycles. The molecule has 0 aliphatic rings. The number of amides is 1. The minimum absolute atomic E-state index is 0.00526. The van der Waals surface area contributed by atoms with E-state index in [0.717, 1.165) is 22.6 Å². The first-order valence-electron chi connectivity index (χ1n) is 8.30. The third kappa shape index (κ3) is 4.60. The summed E-state index contributed by atoms with van der Waals surface area (Å²) < 4.78 is 5.26. The minimum atomic E-state index is -0.468. The number of nitrogens with zero attached hydrogens (tertiary/aromatic N) is 2. The molecule has 0 unspecified atom stereocenters. The first kappa shape index (κ1) is 19.2. The first-order valence-corrected chi connectivity index (χ1v) is 9.18. The van der Waals surface area contributed by atoms with Gasteiger partial charge in [-0.1, -0.05) is 0 Å². The Morgan fingerprint density at radius 1 is 1.25 bits per heavy atom. The van der Waals surface area contributed by atoms with Gasteiger partial charge < -0.3 is 4.74 Å². The van der Waals surface area contributed by atoms with Gasteiger partial charge in [-0.15, -0.1) is 11.3 Å². The molecule has 0 aliphatic heterocycles. The number of anilines is 1. The molecule has 0 fully saturated rings. The zero-order valence-electron chi connectivity index (χ0n) is 15.2. The molecule has 0 radical (unpaired) electrons. The van der Waals surface area contributed by atoms with Crippen LogP contribution in [-0.2, 0) is 4.79 Å². The summed E-state index contributed by atoms with van der Waals surface area (Å²) in [5, 5.41) is 15.7. The number of nitrogens with one attached hydrogen (secondary N) is 1. The number of hydrogen-bond donors (Lipinski definition) is 1. The number of thiazole rings is 1. The second-order valence-electron chi connectivity index (χ2n) is 5.89. The van der Waals surface area contributed by atoms with Crippen molar-refractivity contribution in [3.8, 4) is 17.0 Å². The van der Waals surface area contributed by atoms with E-state index in [1.54, 1.807) is 25.3 Å². The van der Waals surface area contributed by atoms with Crippen molar-refractivity contribution in [2.45, 2.75) is 6.92 Å². The molecule has 142 valence electrons. The number of benzene rings is 2. The van der Waals surface area contributed by atoms with E-state index >= 15 is 0 Å². The van der Waals surface area contributed by atoms with Crippen LogP contribution in [0, 0.1) is 17.0 Å². The third-order valence-corrected chi connectivity index (χ3v) is 4.71. The van der Waals surface area contributed by atoms with Crippen molar-refractivity contribution in [2.24, 2.45) is 0 Å². The molecule has 0 atom stereocenters. The van der Waals surface area contributed by atoms with Gasteiger partial charge in [-0.3, -0.25) is 20.2 Å². The van der Waals surface area contributed by atoms with Crippen LogP contribution in [0.3, 0.4) is 0 Å². The summed E-state index contributed by atoms with van der Waals surface area (Å²) in [6.07, 6.45) is 2.94. The predicted molar refractivity (Wildman–Crippen MR) is 110 cm³/mol. The molecule has 1 amide bonds. The monoisotopic (exact) mass is 395 g/mol. The summed E-state index contributed by atoms with van der Waals surface area (Å²) >= 11 is 1.33. The third-order valence-electron chi connectivity index (χ3n) is 3.96. The summed E-state index contributed by atoms with van der Waals surface area (Å²) in [5.74, 6) is 0.481. The number of carbonyl (C=O) groups is 1. The highest BCUT2D eigenvalue weighted by atomic mass is 32.1. The average molecular weight is 395 g/mol. The largest absolute Gasteiger partial charge is 0.496 e. The van der Waals surface area contributed by atoms with E-state index in [4.69, 9.17) is 4.74 Å². The van der Waals surface area contributed by atoms with E-state index in [1.807, 2.05) is 30.5 Å². The lowest BCUT2D eigenvalue weighted by atomic mass is 10.1. The predicted octanol–water partition coefficient (Wildman–Crippen LogP) is 4.69. The molecule has 8 heteroatoms. The van der Waals surface area contributed by atoms with E-state index in [2.05, 4.69) is 10.3 Å². The molecule has 0 aliphatic carbocycles. The van der Waals surface area contributed by atoms with Gasteiger partial charge in [0, 0.05) is 29.2 Å². The average Bonchev–Trinajstić information content (AvgIpc) is 3.15. The quantitative estimate of drug-likeness (QED) is 0.371. The van der Waals surface area contributed by atoms with Crippen molar-refractivity contribution in [2.75, 3.05) is 12.4 Å². The number of non-ortho nitro benzene ring substituents is 1. The van der Waals surface area contributed by atoms with Crippen molar-refractivity contribution in [1.82, 2.24) is 4.98 Å². The Morgan fingerprint density at radius 3 is 2.64 bits per heavy atom. The zero-order valence-corrected chi connectivity index (χ0v) is 16.0. The van der Waals surface area contributed by atoms with E-state index in [-0.39, 0.29) is 11.6 Å². The highest BCUT2D eigenvalue weighted by Gasteiger charge is 2.08. The van der Waals surface area contributed by atoms with Crippen molar-refractivity contribution >= 4 is 34.1 Å². The highest BCUT2D eigenvalue weighted by molar-refractivity contribution is 7.14. The van der Waals surface area contributed by atoms with Crippen molar-refractivity contribution in [3.63, 3.8) is 0 Å². The molecule has 0 bridgehead atoms. The van der Waals surface area contributed by atoms with Crippen LogP contribution in [-0.4, -0.2) is 22.9 Å². The lowest BCUT2D eigenvalue weighted by Gasteiger charge is -2.05. The maximum absolute atomic E-state index is 12.1. The number of aromatic nitrogens is 1. The van der Waals surface area contributed by atoms with Crippen LogP contribution < -0.4 is 10.1 Å². The van der Waals surface area contributed by atoms with E-state index < -0.39 is 4.92 Å². The maximum Gasteiger partial charge on any atom is 0.269 e. The van der Waals surface area contributed by atoms with E-state index in [9.17, 15) is 14.9 Å². The number of carbonyl (C=O) groups excluding carboxylic acids is 1. The fourth-order valence-corrected chi connectivity index (χ4v) is 3.25. The molecular weight excluding hydrogens is 378 g/mol. The Kier molecular flexibility index (Phi) is 5.81. The van der Waals surface area contributed by atoms with Crippen LogP contribution in [0.15, 0.2) is 53.9 Å². The smallest absolute Gasteiger partial charge is 0.269 e. The van der Waals surface area contributed by atoms with E-state index in [0.29, 0.717) is 10.7 Å². The van der Waals surface area contributed by atoms with Crippen LogP contribution in [0.25, 0.3) is 17.3 Å². The van der Waals surface area contributed by atoms with Gasteiger partial charge in [0.05, 0.1) is 17.7 Å². The molecular formula is C20H17N3O4S. The van der Waals surface area contributed by atoms with Crippen LogP contribution in [0.4, 0.5) is 10.8 Å². The fourth-order valence-electron chi connectivity index (χ4n) is 2.53. The molecule has 3 rings (SSSR count). The number of methoxy groups -OCH3 is 1. The number of hydrogen-bond acceptors (Lipinski definition) is 6. The van der Waals surface area contributed by atoms with Gasteiger partial charge in [0.15, 0.2) is 5.13 Å². The van der Waals surface area contributed by atoms with Gasteiger partial charge in [0.2, 0.25) is 5.91 Å². The second-order valence-corrected chi connectivity index (χ2v) is 6.75. The fraction of sp³-hybridized carbons (Fsp3) is 0.100. The van der Waals surface area contributed by atoms with Gasteiger partial charge in [-0.05, 0) is 54.5 Å². The normalized spacial score (nSPS) is 10.8. The summed E-state index contributed by atoms with van der Waals surface area (Å²) in [5.41, 5.74) is 3.41. The van der Waals surface area contributed by atoms with Crippen molar-refractivity contribution in [1.29, 1.82) is 0 Å². The van der Waals surface area contributed by atoms with Gasteiger partial charge in [0.1, 0.15) is 5.75 Å². The highest BCUT2D eigenvalue weighted by Crippen LogP contribution is 2.28. The Morgan fingerprint density at radius 2 is 2.00 bits per heavy atom. The van der Waals surface area contributed by atoms with Crippen molar-refractivity contribution in [3.05, 3.63) is 75.2 Å². The number of nitro benzene ring substituents is 1. The number of aryl methyl sites for hydroxylation is 1. The Bertz CT molecular complexity index is 1040. The molecule has 3 aromatic rings. The molecule has 1 aromatic heterocycles. The molecule has 0 saturated heterocycles. The van der Waals surface area contributed by atoms with E-state index in [1.165, 1.54) is 29.5 Å². The molecule has 0 saturated carbocycles. The SMILES string of the molecule is COc1ccc(-c2csc(NC(=O)C=Cc3ccc([N+](=O)[O-])cc3)n2)cc1C. The molecule has 1 N–H and O–H groups in total. The van der Waals surface area contributed by atoms with Crippen LogP contribution in [0.1, 0.15) is 11.1 Å². The Balaban J connectivity index is 1.65. The lowest BCUT2D eigenvalue weighted by molar-refractivity contribution is -0.384. The molecule has 0 spiro atoms. The Labute approximate surface area is 165 Å².